The topological polar surface area (TPSA) is 37.4 Å². The number of anilines is 4. The maximum Gasteiger partial charge on any atom is 0.160 e. The van der Waals surface area contributed by atoms with Crippen molar-refractivity contribution >= 4 is 88.3 Å². The van der Waals surface area contributed by atoms with Gasteiger partial charge in [0.2, 0.25) is 0 Å². The normalized spacial score (nSPS) is 12.5. The molecule has 320 valence electrons. The van der Waals surface area contributed by atoms with E-state index >= 15 is 0 Å². The van der Waals surface area contributed by atoms with Crippen molar-refractivity contribution in [2.24, 2.45) is 0 Å². The number of aromatic nitrogens is 3. The number of para-hydroxylation sites is 6. The Hall–Kier alpha value is -8.18. The first kappa shape index (κ1) is 39.2. The average molecular weight is 1040 g/mol. The number of hydrogen-bond acceptors (Lipinski definition) is 4. The van der Waals surface area contributed by atoms with Gasteiger partial charge in [-0.05, 0) is 46.8 Å². The van der Waals surface area contributed by atoms with Crippen LogP contribution in [0.4, 0.5) is 22.7 Å². The number of nitrogens with zero attached hydrogens (tertiary/aromatic N) is 5. The second-order valence-corrected chi connectivity index (χ2v) is 16.8. The monoisotopic (exact) mass is 1040 g/mol. The molecule has 13 aromatic rings. The van der Waals surface area contributed by atoms with E-state index in [1.165, 1.54) is 21.7 Å². The molecule has 67 heavy (non-hydrogen) atoms. The van der Waals surface area contributed by atoms with E-state index in [4.69, 9.17) is 9.72 Å². The Bertz CT molecular complexity index is 4030. The molecule has 9 aromatic carbocycles. The summed E-state index contributed by atoms with van der Waals surface area (Å²) in [6.07, 6.45) is 1.88. The van der Waals surface area contributed by atoms with Gasteiger partial charge in [-0.1, -0.05) is 151 Å². The van der Waals surface area contributed by atoms with Crippen LogP contribution in [0.15, 0.2) is 212 Å². The molecule has 0 unspecified atom stereocenters. The molecular weight excluding hydrogens is 1000 g/mol. The Morgan fingerprint density at radius 3 is 1.70 bits per heavy atom. The molecule has 4 aromatic heterocycles. The van der Waals surface area contributed by atoms with E-state index in [0.717, 1.165) is 88.9 Å². The summed E-state index contributed by atoms with van der Waals surface area (Å²) in [5.41, 5.74) is 14.8. The van der Waals surface area contributed by atoms with Gasteiger partial charge in [0.25, 0.3) is 0 Å². The van der Waals surface area contributed by atoms with Crippen LogP contribution in [0.1, 0.15) is 0 Å². The van der Waals surface area contributed by atoms with Crippen LogP contribution in [0.25, 0.3) is 87.8 Å². The van der Waals surface area contributed by atoms with Crippen LogP contribution in [-0.2, 0) is 21.1 Å². The summed E-state index contributed by atoms with van der Waals surface area (Å²) < 4.78 is 11.4. The third-order valence-corrected chi connectivity index (χ3v) is 13.2. The van der Waals surface area contributed by atoms with E-state index in [2.05, 4.69) is 219 Å². The van der Waals surface area contributed by atoms with Crippen LogP contribution in [-0.4, -0.2) is 13.8 Å². The van der Waals surface area contributed by atoms with E-state index in [-0.39, 0.29) is 21.1 Å². The fourth-order valence-electron chi connectivity index (χ4n) is 10.4. The largest absolute Gasteiger partial charge is 0.509 e. The molecule has 0 N–H and O–H groups in total. The van der Waals surface area contributed by atoms with Crippen molar-refractivity contribution in [1.82, 2.24) is 13.8 Å². The van der Waals surface area contributed by atoms with Gasteiger partial charge in [-0.25, -0.2) is 4.98 Å². The molecule has 0 saturated heterocycles. The van der Waals surface area contributed by atoms with Crippen LogP contribution in [0, 0.1) is 18.8 Å². The van der Waals surface area contributed by atoms with E-state index in [0.29, 0.717) is 11.5 Å². The number of ether oxygens (including phenoxy) is 1. The molecule has 5 heterocycles. The van der Waals surface area contributed by atoms with Gasteiger partial charge in [0.1, 0.15) is 0 Å². The number of benzene rings is 9. The van der Waals surface area contributed by atoms with Gasteiger partial charge in [0.15, 0.2) is 5.65 Å². The summed E-state index contributed by atoms with van der Waals surface area (Å²) in [6, 6.07) is 80.1. The van der Waals surface area contributed by atoms with Gasteiger partial charge >= 0.3 is 0 Å². The minimum Gasteiger partial charge on any atom is -0.509 e. The summed E-state index contributed by atoms with van der Waals surface area (Å²) >= 11 is 0. The van der Waals surface area contributed by atoms with E-state index in [9.17, 15) is 0 Å². The summed E-state index contributed by atoms with van der Waals surface area (Å²) in [4.78, 5) is 9.65. The maximum atomic E-state index is 6.77. The molecule has 7 heteroatoms. The van der Waals surface area contributed by atoms with Crippen LogP contribution in [0.3, 0.4) is 0 Å². The van der Waals surface area contributed by atoms with Crippen LogP contribution >= 0.6 is 0 Å². The third kappa shape index (κ3) is 5.96. The predicted molar refractivity (Wildman–Crippen MR) is 270 cm³/mol. The molecule has 0 saturated carbocycles. The molecule has 14 rings (SSSR count). The van der Waals surface area contributed by atoms with Crippen molar-refractivity contribution in [3.05, 3.63) is 231 Å². The third-order valence-electron chi connectivity index (χ3n) is 13.2. The minimum atomic E-state index is 0. The predicted octanol–water partition coefficient (Wildman–Crippen LogP) is 15.5. The Morgan fingerprint density at radius 2 is 0.970 bits per heavy atom. The molecule has 0 aliphatic carbocycles. The molecule has 1 aliphatic rings. The van der Waals surface area contributed by atoms with Gasteiger partial charge in [0, 0.05) is 94.0 Å². The number of fused-ring (bicyclic) bond motifs is 11. The second-order valence-electron chi connectivity index (χ2n) is 16.8. The molecule has 0 amide bonds. The van der Waals surface area contributed by atoms with Gasteiger partial charge in [0.05, 0.1) is 16.6 Å². The first-order valence-corrected chi connectivity index (χ1v) is 22.2. The van der Waals surface area contributed by atoms with Crippen LogP contribution in [0.2, 0.25) is 0 Å². The van der Waals surface area contributed by atoms with Crippen molar-refractivity contribution in [3.8, 4) is 33.8 Å². The number of pyridine rings is 1. The van der Waals surface area contributed by atoms with Crippen molar-refractivity contribution in [2.75, 3.05) is 9.80 Å². The Kier molecular flexibility index (Phi) is 9.06. The Balaban J connectivity index is 0.00000446. The van der Waals surface area contributed by atoms with E-state index in [1.807, 2.05) is 30.5 Å². The summed E-state index contributed by atoms with van der Waals surface area (Å²) in [7, 11) is 0. The molecule has 0 bridgehead atoms. The van der Waals surface area contributed by atoms with E-state index in [1.54, 1.807) is 0 Å². The Morgan fingerprint density at radius 1 is 0.418 bits per heavy atom. The summed E-state index contributed by atoms with van der Waals surface area (Å²) in [6.45, 7) is 2.18. The van der Waals surface area contributed by atoms with Gasteiger partial charge in [-0.3, -0.25) is 0 Å². The van der Waals surface area contributed by atoms with Gasteiger partial charge in [-0.15, -0.1) is 48.1 Å². The maximum absolute atomic E-state index is 6.77. The van der Waals surface area contributed by atoms with Crippen molar-refractivity contribution in [2.45, 2.75) is 0 Å². The average Bonchev–Trinajstić information content (AvgIpc) is 4.04. The molecule has 6 nitrogen and oxygen atoms in total. The number of rotatable bonds is 6. The van der Waals surface area contributed by atoms with Crippen LogP contribution < -0.4 is 14.5 Å². The molecule has 0 fully saturated rings. The van der Waals surface area contributed by atoms with Crippen LogP contribution in [0.5, 0.6) is 11.5 Å². The first-order valence-electron chi connectivity index (χ1n) is 22.2. The standard InChI is InChI=1S/C60H36N5O.Pt/c1-3-16-39(17-4-1)44-23-12-24-45(40-18-5-2-6-19-40)57(44)63-38-62(53-30-9-10-31-54(53)63)41-20-11-21-42(36-41)66-43-33-34-47-49-26-14-28-51-50-27-13-25-48-46-22-7-8-29-52(46)64(58(48)50)55-32-15-35-61-60(55)65(59(49)51)56(47)37-43;/h1-35,38H;/q-3;. The smallest absolute Gasteiger partial charge is 0.160 e. The zero-order valence-corrected chi connectivity index (χ0v) is 38.0. The number of hydrogen-bond donors (Lipinski definition) is 0. The van der Waals surface area contributed by atoms with Gasteiger partial charge in [-0.2, -0.15) is 12.1 Å². The minimum absolute atomic E-state index is 0. The van der Waals surface area contributed by atoms with Crippen molar-refractivity contribution < 1.29 is 25.8 Å². The second kappa shape index (κ2) is 15.5. The van der Waals surface area contributed by atoms with Gasteiger partial charge < -0.3 is 23.3 Å². The molecule has 0 radical (unpaired) electrons. The van der Waals surface area contributed by atoms with E-state index < -0.39 is 0 Å². The van der Waals surface area contributed by atoms with Crippen molar-refractivity contribution in [1.29, 1.82) is 0 Å². The first-order chi connectivity index (χ1) is 32.8. The zero-order valence-electron chi connectivity index (χ0n) is 35.7. The Labute approximate surface area is 400 Å². The van der Waals surface area contributed by atoms with Crippen molar-refractivity contribution in [3.63, 3.8) is 0 Å². The SMILES string of the molecule is [Pt].[c-]1c(Oc2[c-]c3c(cc2)c2cccc4c5cccc6c7ccccc7n(c7cccnc7n3c24)c65)cccc1N1[CH-]N(c2c(-c3ccccc3)cccc2-c2ccccc2)c2ccccc21. The molecule has 0 spiro atoms. The molecular formula is C60H36N5OPt-3. The zero-order chi connectivity index (χ0) is 43.3. The summed E-state index contributed by atoms with van der Waals surface area (Å²) in [5.74, 6) is 1.17. The quantitative estimate of drug-likeness (QED) is 0.156. The fraction of sp³-hybridized carbons (Fsp3) is 0. The summed E-state index contributed by atoms with van der Waals surface area (Å²) in [5, 5.41) is 6.96. The molecule has 1 aliphatic heterocycles. The molecule has 0 atom stereocenters. The fourth-order valence-corrected chi connectivity index (χ4v) is 10.4.